The maximum absolute atomic E-state index is 11.7. The van der Waals surface area contributed by atoms with Crippen molar-refractivity contribution in [1.82, 2.24) is 5.32 Å². The Morgan fingerprint density at radius 2 is 1.67 bits per heavy atom. The predicted octanol–water partition coefficient (Wildman–Crippen LogP) is 3.58. The van der Waals surface area contributed by atoms with Crippen LogP contribution in [0.25, 0.3) is 0 Å². The normalized spacial score (nSPS) is 10.3. The number of amides is 1. The van der Waals surface area contributed by atoms with Gasteiger partial charge in [-0.1, -0.05) is 35.4 Å². The predicted molar refractivity (Wildman–Crippen MR) is 87.8 cm³/mol. The van der Waals surface area contributed by atoms with Gasteiger partial charge in [0.2, 0.25) is 0 Å². The van der Waals surface area contributed by atoms with Crippen LogP contribution >= 0.6 is 0 Å². The first-order valence-electron chi connectivity index (χ1n) is 7.13. The van der Waals surface area contributed by atoms with Gasteiger partial charge in [0.25, 0.3) is 5.91 Å². The molecule has 3 nitrogen and oxygen atoms in total. The molecule has 0 fully saturated rings. The minimum absolute atomic E-state index is 0.0653. The van der Waals surface area contributed by atoms with Gasteiger partial charge in [0.15, 0.2) is 0 Å². The average Bonchev–Trinajstić information content (AvgIpc) is 2.44. The van der Waals surface area contributed by atoms with Crippen LogP contribution in [0.1, 0.15) is 32.6 Å². The fourth-order valence-corrected chi connectivity index (χ4v) is 2.47. The van der Waals surface area contributed by atoms with Crippen LogP contribution in [0.15, 0.2) is 36.4 Å². The van der Waals surface area contributed by atoms with E-state index in [9.17, 15) is 4.79 Å². The van der Waals surface area contributed by atoms with Crippen LogP contribution < -0.4 is 10.6 Å². The fraction of sp³-hybridized carbons (Fsp3) is 0.278. The van der Waals surface area contributed by atoms with E-state index in [4.69, 9.17) is 0 Å². The summed E-state index contributed by atoms with van der Waals surface area (Å²) in [6, 6.07) is 12.2. The van der Waals surface area contributed by atoms with E-state index in [0.717, 1.165) is 17.8 Å². The van der Waals surface area contributed by atoms with Gasteiger partial charge in [0.1, 0.15) is 0 Å². The van der Waals surface area contributed by atoms with Crippen LogP contribution in [-0.4, -0.2) is 13.0 Å². The highest BCUT2D eigenvalue weighted by Gasteiger charge is 2.06. The first-order valence-corrected chi connectivity index (χ1v) is 7.13. The van der Waals surface area contributed by atoms with Crippen molar-refractivity contribution in [2.24, 2.45) is 0 Å². The van der Waals surface area contributed by atoms with Crippen LogP contribution in [0.5, 0.6) is 0 Å². The van der Waals surface area contributed by atoms with Crippen molar-refractivity contribution in [2.45, 2.75) is 27.3 Å². The van der Waals surface area contributed by atoms with Gasteiger partial charge in [0.05, 0.1) is 0 Å². The van der Waals surface area contributed by atoms with E-state index in [1.54, 1.807) is 7.05 Å². The first kappa shape index (κ1) is 15.1. The summed E-state index contributed by atoms with van der Waals surface area (Å²) >= 11 is 0. The topological polar surface area (TPSA) is 41.1 Å². The third-order valence-electron chi connectivity index (χ3n) is 3.49. The molecule has 2 N–H and O–H groups in total. The molecule has 0 saturated carbocycles. The number of benzene rings is 2. The molecule has 0 radical (unpaired) electrons. The first-order chi connectivity index (χ1) is 9.99. The molecule has 3 heteroatoms. The fourth-order valence-electron chi connectivity index (χ4n) is 2.47. The summed E-state index contributed by atoms with van der Waals surface area (Å²) in [5.41, 5.74) is 6.58. The number of hydrogen-bond donors (Lipinski definition) is 2. The van der Waals surface area contributed by atoms with Gasteiger partial charge in [-0.05, 0) is 44.0 Å². The summed E-state index contributed by atoms with van der Waals surface area (Å²) in [5, 5.41) is 6.07. The molecule has 0 aliphatic rings. The van der Waals surface area contributed by atoms with E-state index in [2.05, 4.69) is 42.7 Å². The van der Waals surface area contributed by atoms with E-state index >= 15 is 0 Å². The number of rotatable bonds is 4. The summed E-state index contributed by atoms with van der Waals surface area (Å²) in [4.78, 5) is 11.7. The molecule has 0 atom stereocenters. The Balaban J connectivity index is 2.17. The van der Waals surface area contributed by atoms with E-state index in [1.807, 2.05) is 25.1 Å². The molecular formula is C18H22N2O. The molecule has 0 spiro atoms. The van der Waals surface area contributed by atoms with Crippen molar-refractivity contribution in [3.05, 3.63) is 64.2 Å². The molecule has 0 saturated heterocycles. The van der Waals surface area contributed by atoms with Crippen molar-refractivity contribution in [2.75, 3.05) is 12.4 Å². The van der Waals surface area contributed by atoms with Crippen molar-refractivity contribution >= 4 is 11.6 Å². The minimum atomic E-state index is -0.0653. The van der Waals surface area contributed by atoms with Crippen LogP contribution in [0.3, 0.4) is 0 Å². The maximum Gasteiger partial charge on any atom is 0.251 e. The van der Waals surface area contributed by atoms with Gasteiger partial charge >= 0.3 is 0 Å². The highest BCUT2D eigenvalue weighted by Crippen LogP contribution is 2.18. The highest BCUT2D eigenvalue weighted by atomic mass is 16.1. The largest absolute Gasteiger partial charge is 0.381 e. The minimum Gasteiger partial charge on any atom is -0.381 e. The van der Waals surface area contributed by atoms with Gasteiger partial charge in [-0.2, -0.15) is 0 Å². The number of nitrogens with one attached hydrogen (secondary N) is 2. The molecule has 1 amide bonds. The summed E-state index contributed by atoms with van der Waals surface area (Å²) in [6.45, 7) is 7.00. The molecule has 0 aromatic heterocycles. The van der Waals surface area contributed by atoms with Crippen LogP contribution in [-0.2, 0) is 6.54 Å². The number of carbonyl (C=O) groups excluding carboxylic acids is 1. The Hall–Kier alpha value is -2.29. The van der Waals surface area contributed by atoms with Crippen LogP contribution in [0, 0.1) is 20.8 Å². The molecule has 0 aliphatic carbocycles. The second-order valence-electron chi connectivity index (χ2n) is 5.46. The molecule has 2 aromatic rings. The molecule has 2 rings (SSSR count). The van der Waals surface area contributed by atoms with Crippen molar-refractivity contribution in [3.8, 4) is 0 Å². The summed E-state index contributed by atoms with van der Waals surface area (Å²) in [6.07, 6.45) is 0. The highest BCUT2D eigenvalue weighted by molar-refractivity contribution is 5.95. The molecule has 0 heterocycles. The van der Waals surface area contributed by atoms with Gasteiger partial charge in [-0.15, -0.1) is 0 Å². The molecule has 110 valence electrons. The van der Waals surface area contributed by atoms with E-state index in [1.165, 1.54) is 16.7 Å². The SMILES string of the molecule is CNC(=O)c1ccc(C)c(NCc2cc(C)cc(C)c2)c1. The zero-order chi connectivity index (χ0) is 15.4. The number of hydrogen-bond acceptors (Lipinski definition) is 2. The maximum atomic E-state index is 11.7. The summed E-state index contributed by atoms with van der Waals surface area (Å²) < 4.78 is 0. The van der Waals surface area contributed by atoms with Crippen molar-refractivity contribution < 1.29 is 4.79 Å². The number of anilines is 1. The molecule has 0 aliphatic heterocycles. The Kier molecular flexibility index (Phi) is 4.63. The zero-order valence-electron chi connectivity index (χ0n) is 13.1. The number of aryl methyl sites for hydroxylation is 3. The zero-order valence-corrected chi connectivity index (χ0v) is 13.1. The van der Waals surface area contributed by atoms with Gasteiger partial charge in [0, 0.05) is 24.8 Å². The Bertz CT molecular complexity index is 642. The third kappa shape index (κ3) is 3.85. The Morgan fingerprint density at radius 3 is 2.29 bits per heavy atom. The number of carbonyl (C=O) groups is 1. The molecule has 0 unspecified atom stereocenters. The summed E-state index contributed by atoms with van der Waals surface area (Å²) in [7, 11) is 1.64. The van der Waals surface area contributed by atoms with Crippen LogP contribution in [0.4, 0.5) is 5.69 Å². The Labute approximate surface area is 126 Å². The second-order valence-corrected chi connectivity index (χ2v) is 5.46. The van der Waals surface area contributed by atoms with Gasteiger partial charge < -0.3 is 10.6 Å². The lowest BCUT2D eigenvalue weighted by Gasteiger charge is -2.12. The van der Waals surface area contributed by atoms with Gasteiger partial charge in [-0.25, -0.2) is 0 Å². The molecule has 2 aromatic carbocycles. The monoisotopic (exact) mass is 282 g/mol. The van der Waals surface area contributed by atoms with Gasteiger partial charge in [-0.3, -0.25) is 4.79 Å². The molecular weight excluding hydrogens is 260 g/mol. The van der Waals surface area contributed by atoms with Crippen molar-refractivity contribution in [3.63, 3.8) is 0 Å². The summed E-state index contributed by atoms with van der Waals surface area (Å²) in [5.74, 6) is -0.0653. The van der Waals surface area contributed by atoms with E-state index in [-0.39, 0.29) is 5.91 Å². The molecule has 0 bridgehead atoms. The smallest absolute Gasteiger partial charge is 0.251 e. The molecule has 21 heavy (non-hydrogen) atoms. The lowest BCUT2D eigenvalue weighted by Crippen LogP contribution is -2.18. The lowest BCUT2D eigenvalue weighted by atomic mass is 10.1. The van der Waals surface area contributed by atoms with Crippen LogP contribution in [0.2, 0.25) is 0 Å². The second kappa shape index (κ2) is 6.44. The Morgan fingerprint density at radius 1 is 1.00 bits per heavy atom. The average molecular weight is 282 g/mol. The lowest BCUT2D eigenvalue weighted by molar-refractivity contribution is 0.0963. The quantitative estimate of drug-likeness (QED) is 0.900. The standard InChI is InChI=1S/C18H22N2O/c1-12-7-13(2)9-15(8-12)11-20-17-10-16(18(21)19-4)6-5-14(17)3/h5-10,20H,11H2,1-4H3,(H,19,21). The van der Waals surface area contributed by atoms with E-state index < -0.39 is 0 Å². The van der Waals surface area contributed by atoms with Crippen molar-refractivity contribution in [1.29, 1.82) is 0 Å². The van der Waals surface area contributed by atoms with E-state index in [0.29, 0.717) is 5.56 Å². The third-order valence-corrected chi connectivity index (χ3v) is 3.49.